The predicted molar refractivity (Wildman–Crippen MR) is 65.1 cm³/mol. The molecular weight excluding hydrogens is 238 g/mol. The first-order valence-corrected chi connectivity index (χ1v) is 5.99. The third kappa shape index (κ3) is 3.01. The number of nitrogens with one attached hydrogen (secondary N) is 1. The fraction of sp³-hybridized carbons (Fsp3) is 0.182. The van der Waals surface area contributed by atoms with Crippen molar-refractivity contribution >= 4 is 17.2 Å². The van der Waals surface area contributed by atoms with Crippen molar-refractivity contribution in [2.75, 3.05) is 6.54 Å². The Hall–Kier alpha value is -1.95. The van der Waals surface area contributed by atoms with E-state index in [1.807, 2.05) is 11.4 Å². The number of aromatic nitrogens is 2. The molecule has 0 saturated carbocycles. The lowest BCUT2D eigenvalue weighted by Crippen LogP contribution is -2.31. The SMILES string of the molecule is O=C(NCCn1ncccc1=O)c1cccs1. The minimum absolute atomic E-state index is 0.121. The predicted octanol–water partition coefficient (Wildman–Crippen LogP) is 0.735. The summed E-state index contributed by atoms with van der Waals surface area (Å²) >= 11 is 1.38. The lowest BCUT2D eigenvalue weighted by atomic mass is 10.4. The molecule has 0 bridgehead atoms. The molecule has 0 aliphatic rings. The van der Waals surface area contributed by atoms with Crippen molar-refractivity contribution in [3.63, 3.8) is 0 Å². The molecule has 6 heteroatoms. The van der Waals surface area contributed by atoms with Crippen molar-refractivity contribution in [2.45, 2.75) is 6.54 Å². The van der Waals surface area contributed by atoms with E-state index in [1.54, 1.807) is 18.3 Å². The highest BCUT2D eigenvalue weighted by Crippen LogP contribution is 2.07. The Bertz CT molecular complexity index is 548. The van der Waals surface area contributed by atoms with Gasteiger partial charge >= 0.3 is 0 Å². The molecule has 0 fully saturated rings. The largest absolute Gasteiger partial charge is 0.349 e. The first-order chi connectivity index (χ1) is 8.27. The van der Waals surface area contributed by atoms with E-state index in [0.29, 0.717) is 18.0 Å². The van der Waals surface area contributed by atoms with Crippen LogP contribution in [-0.4, -0.2) is 22.2 Å². The zero-order valence-corrected chi connectivity index (χ0v) is 9.81. The minimum Gasteiger partial charge on any atom is -0.349 e. The number of thiophene rings is 1. The fourth-order valence-electron chi connectivity index (χ4n) is 1.33. The zero-order valence-electron chi connectivity index (χ0n) is 9.00. The molecule has 2 aromatic rings. The normalized spacial score (nSPS) is 10.1. The highest BCUT2D eigenvalue weighted by atomic mass is 32.1. The van der Waals surface area contributed by atoms with E-state index < -0.39 is 0 Å². The van der Waals surface area contributed by atoms with Crippen molar-refractivity contribution in [1.82, 2.24) is 15.1 Å². The molecule has 1 N–H and O–H groups in total. The molecule has 2 rings (SSSR count). The number of carbonyl (C=O) groups excluding carboxylic acids is 1. The summed E-state index contributed by atoms with van der Waals surface area (Å²) in [5.41, 5.74) is -0.169. The van der Waals surface area contributed by atoms with E-state index in [0.717, 1.165) is 0 Å². The first-order valence-electron chi connectivity index (χ1n) is 5.11. The van der Waals surface area contributed by atoms with Gasteiger partial charge in [0.25, 0.3) is 11.5 Å². The van der Waals surface area contributed by atoms with Crippen molar-refractivity contribution in [3.05, 3.63) is 51.1 Å². The maximum Gasteiger partial charge on any atom is 0.266 e. The Morgan fingerprint density at radius 2 is 2.29 bits per heavy atom. The molecule has 0 unspecified atom stereocenters. The summed E-state index contributed by atoms with van der Waals surface area (Å²) in [6.07, 6.45) is 1.54. The minimum atomic E-state index is -0.169. The zero-order chi connectivity index (χ0) is 12.1. The second-order valence-electron chi connectivity index (χ2n) is 3.32. The average molecular weight is 249 g/mol. The van der Waals surface area contributed by atoms with Gasteiger partial charge in [0.1, 0.15) is 0 Å². The van der Waals surface area contributed by atoms with E-state index in [9.17, 15) is 9.59 Å². The first kappa shape index (κ1) is 11.5. The third-order valence-electron chi connectivity index (χ3n) is 2.14. The van der Waals surface area contributed by atoms with E-state index in [1.165, 1.54) is 22.1 Å². The van der Waals surface area contributed by atoms with Crippen LogP contribution in [0.1, 0.15) is 9.67 Å². The molecule has 0 aliphatic heterocycles. The number of nitrogens with zero attached hydrogens (tertiary/aromatic N) is 2. The van der Waals surface area contributed by atoms with Crippen LogP contribution in [-0.2, 0) is 6.54 Å². The van der Waals surface area contributed by atoms with Gasteiger partial charge in [0, 0.05) is 18.8 Å². The molecule has 0 atom stereocenters. The van der Waals surface area contributed by atoms with Gasteiger partial charge in [-0.1, -0.05) is 6.07 Å². The van der Waals surface area contributed by atoms with Crippen LogP contribution in [0.25, 0.3) is 0 Å². The Labute approximate surface area is 102 Å². The number of rotatable bonds is 4. The quantitative estimate of drug-likeness (QED) is 0.869. The van der Waals surface area contributed by atoms with Crippen LogP contribution in [0, 0.1) is 0 Å². The van der Waals surface area contributed by atoms with Crippen molar-refractivity contribution in [2.24, 2.45) is 0 Å². The van der Waals surface area contributed by atoms with Gasteiger partial charge in [0.2, 0.25) is 0 Å². The monoisotopic (exact) mass is 249 g/mol. The van der Waals surface area contributed by atoms with Crippen molar-refractivity contribution in [1.29, 1.82) is 0 Å². The molecule has 17 heavy (non-hydrogen) atoms. The van der Waals surface area contributed by atoms with Crippen LogP contribution in [0.15, 0.2) is 40.6 Å². The van der Waals surface area contributed by atoms with Gasteiger partial charge in [-0.3, -0.25) is 9.59 Å². The smallest absolute Gasteiger partial charge is 0.266 e. The summed E-state index contributed by atoms with van der Waals surface area (Å²) in [4.78, 5) is 23.6. The molecule has 0 aromatic carbocycles. The molecule has 0 aliphatic carbocycles. The molecule has 2 aromatic heterocycles. The fourth-order valence-corrected chi connectivity index (χ4v) is 1.97. The summed E-state index contributed by atoms with van der Waals surface area (Å²) in [6, 6.07) is 6.60. The van der Waals surface area contributed by atoms with Crippen LogP contribution in [0.4, 0.5) is 0 Å². The van der Waals surface area contributed by atoms with Gasteiger partial charge in [-0.25, -0.2) is 4.68 Å². The highest BCUT2D eigenvalue weighted by Gasteiger charge is 2.05. The lowest BCUT2D eigenvalue weighted by molar-refractivity contribution is 0.0956. The van der Waals surface area contributed by atoms with Gasteiger partial charge < -0.3 is 5.32 Å². The van der Waals surface area contributed by atoms with E-state index in [-0.39, 0.29) is 11.5 Å². The van der Waals surface area contributed by atoms with Crippen LogP contribution >= 0.6 is 11.3 Å². The molecule has 0 saturated heterocycles. The van der Waals surface area contributed by atoms with Crippen molar-refractivity contribution in [3.8, 4) is 0 Å². The molecule has 2 heterocycles. The van der Waals surface area contributed by atoms with E-state index in [4.69, 9.17) is 0 Å². The molecule has 0 radical (unpaired) electrons. The second-order valence-corrected chi connectivity index (χ2v) is 4.27. The maximum atomic E-state index is 11.6. The highest BCUT2D eigenvalue weighted by molar-refractivity contribution is 7.12. The molecule has 1 amide bonds. The summed E-state index contributed by atoms with van der Waals surface area (Å²) in [5.74, 6) is -0.121. The summed E-state index contributed by atoms with van der Waals surface area (Å²) in [5, 5.41) is 8.47. The third-order valence-corrected chi connectivity index (χ3v) is 3.01. The average Bonchev–Trinajstić information content (AvgIpc) is 2.85. The van der Waals surface area contributed by atoms with Crippen LogP contribution < -0.4 is 10.9 Å². The lowest BCUT2D eigenvalue weighted by Gasteiger charge is -2.04. The molecule has 88 valence electrons. The number of hydrogen-bond acceptors (Lipinski definition) is 4. The Balaban J connectivity index is 1.87. The number of carbonyl (C=O) groups is 1. The summed E-state index contributed by atoms with van der Waals surface area (Å²) in [7, 11) is 0. The number of hydrogen-bond donors (Lipinski definition) is 1. The summed E-state index contributed by atoms with van der Waals surface area (Å²) in [6.45, 7) is 0.754. The van der Waals surface area contributed by atoms with Gasteiger partial charge in [-0.2, -0.15) is 5.10 Å². The van der Waals surface area contributed by atoms with Gasteiger partial charge in [-0.15, -0.1) is 11.3 Å². The molecule has 5 nitrogen and oxygen atoms in total. The van der Waals surface area contributed by atoms with Gasteiger partial charge in [-0.05, 0) is 17.5 Å². The van der Waals surface area contributed by atoms with Crippen molar-refractivity contribution < 1.29 is 4.79 Å². The van der Waals surface area contributed by atoms with E-state index in [2.05, 4.69) is 10.4 Å². The topological polar surface area (TPSA) is 64.0 Å². The van der Waals surface area contributed by atoms with E-state index >= 15 is 0 Å². The van der Waals surface area contributed by atoms with Gasteiger partial charge in [0.15, 0.2) is 0 Å². The second kappa shape index (κ2) is 5.40. The van der Waals surface area contributed by atoms with Gasteiger partial charge in [0.05, 0.1) is 11.4 Å². The Kier molecular flexibility index (Phi) is 3.66. The number of amides is 1. The Morgan fingerprint density at radius 1 is 1.41 bits per heavy atom. The van der Waals surface area contributed by atoms with Crippen LogP contribution in [0.5, 0.6) is 0 Å². The summed E-state index contributed by atoms with van der Waals surface area (Å²) < 4.78 is 1.31. The molecular formula is C11H11N3O2S. The Morgan fingerprint density at radius 3 is 3.00 bits per heavy atom. The maximum absolute atomic E-state index is 11.6. The standard InChI is InChI=1S/C11H11N3O2S/c15-10-4-1-5-13-14(10)7-6-12-11(16)9-3-2-8-17-9/h1-5,8H,6-7H2,(H,12,16). The van der Waals surface area contributed by atoms with Crippen LogP contribution in [0.3, 0.4) is 0 Å². The molecule has 0 spiro atoms. The van der Waals surface area contributed by atoms with Crippen LogP contribution in [0.2, 0.25) is 0 Å².